The Bertz CT molecular complexity index is 310. The zero-order valence-electron chi connectivity index (χ0n) is 7.96. The standard InChI is InChI=1S/C10H13BrN2S/c1-7(10(12)13)6-14-9-4-2-8(11)3-5-9/h2-5,7H,6H2,1H3,(H3,12,13). The molecule has 0 amide bonds. The Morgan fingerprint density at radius 3 is 2.57 bits per heavy atom. The highest BCUT2D eigenvalue weighted by atomic mass is 79.9. The number of benzene rings is 1. The minimum absolute atomic E-state index is 0.142. The third-order valence-electron chi connectivity index (χ3n) is 1.84. The van der Waals surface area contributed by atoms with Gasteiger partial charge in [-0.05, 0) is 24.3 Å². The van der Waals surface area contributed by atoms with Gasteiger partial charge in [-0.15, -0.1) is 11.8 Å². The van der Waals surface area contributed by atoms with Crippen LogP contribution >= 0.6 is 27.7 Å². The van der Waals surface area contributed by atoms with Crippen LogP contribution in [0.2, 0.25) is 0 Å². The first-order chi connectivity index (χ1) is 6.59. The Morgan fingerprint density at radius 2 is 2.07 bits per heavy atom. The van der Waals surface area contributed by atoms with Crippen LogP contribution in [-0.2, 0) is 0 Å². The summed E-state index contributed by atoms with van der Waals surface area (Å²) < 4.78 is 1.08. The maximum atomic E-state index is 7.26. The Kier molecular flexibility index (Phi) is 4.48. The van der Waals surface area contributed by atoms with Gasteiger partial charge < -0.3 is 5.73 Å². The molecular formula is C10H13BrN2S. The minimum atomic E-state index is 0.142. The first kappa shape index (κ1) is 11.6. The van der Waals surface area contributed by atoms with Gasteiger partial charge in [-0.1, -0.05) is 22.9 Å². The van der Waals surface area contributed by atoms with Crippen molar-refractivity contribution in [3.8, 4) is 0 Å². The largest absolute Gasteiger partial charge is 0.387 e. The molecule has 0 saturated heterocycles. The highest BCUT2D eigenvalue weighted by Gasteiger charge is 2.05. The van der Waals surface area contributed by atoms with Crippen LogP contribution in [0.5, 0.6) is 0 Å². The van der Waals surface area contributed by atoms with E-state index in [1.807, 2.05) is 19.1 Å². The number of thioether (sulfide) groups is 1. The zero-order valence-corrected chi connectivity index (χ0v) is 10.4. The lowest BCUT2D eigenvalue weighted by atomic mass is 10.2. The van der Waals surface area contributed by atoms with Crippen LogP contribution in [0.15, 0.2) is 33.6 Å². The van der Waals surface area contributed by atoms with Gasteiger partial charge in [-0.25, -0.2) is 0 Å². The fraction of sp³-hybridized carbons (Fsp3) is 0.300. The van der Waals surface area contributed by atoms with Crippen LogP contribution in [-0.4, -0.2) is 11.6 Å². The average Bonchev–Trinajstić information content (AvgIpc) is 2.16. The van der Waals surface area contributed by atoms with Crippen molar-refractivity contribution >= 4 is 33.5 Å². The van der Waals surface area contributed by atoms with Gasteiger partial charge in [-0.2, -0.15) is 0 Å². The molecular weight excluding hydrogens is 260 g/mol. The summed E-state index contributed by atoms with van der Waals surface area (Å²) in [6.07, 6.45) is 0. The van der Waals surface area contributed by atoms with Gasteiger partial charge in [0.25, 0.3) is 0 Å². The molecule has 0 aromatic heterocycles. The second kappa shape index (κ2) is 5.41. The Labute approximate surface area is 96.9 Å². The molecule has 14 heavy (non-hydrogen) atoms. The van der Waals surface area contributed by atoms with Crippen molar-refractivity contribution in [2.24, 2.45) is 11.7 Å². The van der Waals surface area contributed by atoms with Gasteiger partial charge in [0, 0.05) is 21.0 Å². The van der Waals surface area contributed by atoms with E-state index >= 15 is 0 Å². The SMILES string of the molecule is CC(CSc1ccc(Br)cc1)C(=N)N. The molecule has 0 spiro atoms. The summed E-state index contributed by atoms with van der Waals surface area (Å²) in [7, 11) is 0. The van der Waals surface area contributed by atoms with E-state index in [9.17, 15) is 0 Å². The van der Waals surface area contributed by atoms with E-state index in [4.69, 9.17) is 11.1 Å². The van der Waals surface area contributed by atoms with Crippen molar-refractivity contribution in [1.29, 1.82) is 5.41 Å². The number of hydrogen-bond acceptors (Lipinski definition) is 2. The molecule has 1 aromatic carbocycles. The second-order valence-electron chi connectivity index (χ2n) is 3.12. The normalized spacial score (nSPS) is 12.4. The summed E-state index contributed by atoms with van der Waals surface area (Å²) in [6.45, 7) is 1.97. The quantitative estimate of drug-likeness (QED) is 0.503. The van der Waals surface area contributed by atoms with Crippen molar-refractivity contribution < 1.29 is 0 Å². The number of nitrogens with two attached hydrogens (primary N) is 1. The van der Waals surface area contributed by atoms with Crippen LogP contribution in [0, 0.1) is 11.3 Å². The topological polar surface area (TPSA) is 49.9 Å². The maximum Gasteiger partial charge on any atom is 0.0942 e. The zero-order chi connectivity index (χ0) is 10.6. The average molecular weight is 273 g/mol. The third-order valence-corrected chi connectivity index (χ3v) is 3.65. The van der Waals surface area contributed by atoms with E-state index < -0.39 is 0 Å². The van der Waals surface area contributed by atoms with E-state index in [1.54, 1.807) is 11.8 Å². The van der Waals surface area contributed by atoms with Gasteiger partial charge in [0.2, 0.25) is 0 Å². The number of hydrogen-bond donors (Lipinski definition) is 2. The van der Waals surface area contributed by atoms with Crippen molar-refractivity contribution in [2.75, 3.05) is 5.75 Å². The van der Waals surface area contributed by atoms with Gasteiger partial charge in [0.15, 0.2) is 0 Å². The first-order valence-corrected chi connectivity index (χ1v) is 6.09. The molecule has 1 aromatic rings. The second-order valence-corrected chi connectivity index (χ2v) is 5.13. The van der Waals surface area contributed by atoms with Crippen molar-refractivity contribution in [3.05, 3.63) is 28.7 Å². The molecule has 4 heteroatoms. The van der Waals surface area contributed by atoms with Gasteiger partial charge >= 0.3 is 0 Å². The molecule has 76 valence electrons. The van der Waals surface area contributed by atoms with Crippen molar-refractivity contribution in [3.63, 3.8) is 0 Å². The molecule has 0 bridgehead atoms. The lowest BCUT2D eigenvalue weighted by Gasteiger charge is -2.08. The monoisotopic (exact) mass is 272 g/mol. The molecule has 0 heterocycles. The fourth-order valence-corrected chi connectivity index (χ4v) is 2.06. The van der Waals surface area contributed by atoms with Crippen LogP contribution in [0.1, 0.15) is 6.92 Å². The van der Waals surface area contributed by atoms with Crippen LogP contribution in [0.3, 0.4) is 0 Å². The summed E-state index contributed by atoms with van der Waals surface area (Å²) in [5.41, 5.74) is 5.39. The van der Waals surface area contributed by atoms with Crippen molar-refractivity contribution in [2.45, 2.75) is 11.8 Å². The maximum absolute atomic E-state index is 7.26. The molecule has 0 saturated carbocycles. The molecule has 1 unspecified atom stereocenters. The Balaban J connectivity index is 2.46. The van der Waals surface area contributed by atoms with Gasteiger partial charge in [0.05, 0.1) is 5.84 Å². The smallest absolute Gasteiger partial charge is 0.0942 e. The van der Waals surface area contributed by atoms with Gasteiger partial charge in [-0.3, -0.25) is 5.41 Å². The molecule has 0 aliphatic heterocycles. The van der Waals surface area contributed by atoms with E-state index in [2.05, 4.69) is 28.1 Å². The van der Waals surface area contributed by atoms with E-state index in [1.165, 1.54) is 4.90 Å². The summed E-state index contributed by atoms with van der Waals surface area (Å²) in [6, 6.07) is 8.14. The summed E-state index contributed by atoms with van der Waals surface area (Å²) >= 11 is 5.11. The van der Waals surface area contributed by atoms with E-state index in [0.717, 1.165) is 10.2 Å². The highest BCUT2D eigenvalue weighted by molar-refractivity contribution is 9.10. The number of halogens is 1. The Hall–Kier alpha value is -0.480. The number of amidine groups is 1. The lowest BCUT2D eigenvalue weighted by molar-refractivity contribution is 0.879. The van der Waals surface area contributed by atoms with Crippen LogP contribution < -0.4 is 5.73 Å². The number of nitrogens with one attached hydrogen (secondary N) is 1. The predicted molar refractivity (Wildman–Crippen MR) is 65.9 cm³/mol. The molecule has 2 nitrogen and oxygen atoms in total. The summed E-state index contributed by atoms with van der Waals surface area (Å²) in [4.78, 5) is 1.21. The van der Waals surface area contributed by atoms with E-state index in [0.29, 0.717) is 0 Å². The molecule has 3 N–H and O–H groups in total. The molecule has 0 fully saturated rings. The molecule has 0 radical (unpaired) electrons. The van der Waals surface area contributed by atoms with Gasteiger partial charge in [0.1, 0.15) is 0 Å². The minimum Gasteiger partial charge on any atom is -0.387 e. The predicted octanol–water partition coefficient (Wildman–Crippen LogP) is 3.11. The first-order valence-electron chi connectivity index (χ1n) is 4.32. The highest BCUT2D eigenvalue weighted by Crippen LogP contribution is 2.22. The molecule has 0 aliphatic carbocycles. The lowest BCUT2D eigenvalue weighted by Crippen LogP contribution is -2.21. The summed E-state index contributed by atoms with van der Waals surface area (Å²) in [5, 5.41) is 7.26. The molecule has 0 aliphatic rings. The summed E-state index contributed by atoms with van der Waals surface area (Å²) in [5.74, 6) is 1.26. The molecule has 1 rings (SSSR count). The number of rotatable bonds is 4. The van der Waals surface area contributed by atoms with Crippen LogP contribution in [0.4, 0.5) is 0 Å². The van der Waals surface area contributed by atoms with Crippen molar-refractivity contribution in [1.82, 2.24) is 0 Å². The van der Waals surface area contributed by atoms with Crippen LogP contribution in [0.25, 0.3) is 0 Å². The molecule has 1 atom stereocenters. The Morgan fingerprint density at radius 1 is 1.50 bits per heavy atom. The third kappa shape index (κ3) is 3.72. The van der Waals surface area contributed by atoms with E-state index in [-0.39, 0.29) is 11.8 Å². The fourth-order valence-electron chi connectivity index (χ4n) is 0.842.